The third-order valence-electron chi connectivity index (χ3n) is 6.16. The molecule has 0 radical (unpaired) electrons. The molecule has 6 N–H and O–H groups in total. The van der Waals surface area contributed by atoms with Crippen molar-refractivity contribution in [3.63, 3.8) is 0 Å². The van der Waals surface area contributed by atoms with Crippen molar-refractivity contribution in [2.24, 2.45) is 22.2 Å². The standard InChI is InChI=1S/C23H19N3O3.C7H9N.C4H10N2.C3H8.CH5N.CH4/c1-15(27)16-10-11-21-20(13-16)25-23(26(21)14-22(24)28)17-6-5-9-19(12-17)29-18-7-3-2-4-8-18;1-2-7-3-5-8-6-4-7;1-2-3-6-4-5;1-3-2;1-2;/h2-13H,14H2,1H3,(H2,24,28);3-6H,2H2,1H3;4H,2-3H2,1H3,(H2,5,6);3H2,1-2H3;2H2,1H3;1H4. The second-order valence-electron chi connectivity index (χ2n) is 10.2. The zero-order valence-corrected chi connectivity index (χ0v) is 29.1. The number of carbonyl (C=O) groups is 2. The predicted molar refractivity (Wildman–Crippen MR) is 205 cm³/mol. The van der Waals surface area contributed by atoms with Crippen LogP contribution in [0.3, 0.4) is 0 Å². The van der Waals surface area contributed by atoms with Crippen molar-refractivity contribution < 1.29 is 14.3 Å². The Morgan fingerprint density at radius 1 is 0.878 bits per heavy atom. The highest BCUT2D eigenvalue weighted by molar-refractivity contribution is 5.98. The van der Waals surface area contributed by atoms with Crippen molar-refractivity contribution in [3.05, 3.63) is 108 Å². The number of aromatic nitrogens is 3. The van der Waals surface area contributed by atoms with Crippen LogP contribution in [-0.2, 0) is 17.8 Å². The van der Waals surface area contributed by atoms with Gasteiger partial charge < -0.3 is 26.5 Å². The van der Waals surface area contributed by atoms with Crippen LogP contribution < -0.4 is 21.9 Å². The van der Waals surface area contributed by atoms with Crippen LogP contribution in [0.5, 0.6) is 11.5 Å². The summed E-state index contributed by atoms with van der Waals surface area (Å²) in [6.07, 6.45) is 8.40. The lowest BCUT2D eigenvalue weighted by atomic mass is 10.1. The van der Waals surface area contributed by atoms with Crippen molar-refractivity contribution in [1.82, 2.24) is 14.5 Å². The van der Waals surface area contributed by atoms with Gasteiger partial charge in [0, 0.05) is 30.1 Å². The van der Waals surface area contributed by atoms with E-state index in [9.17, 15) is 9.59 Å². The third kappa shape index (κ3) is 15.9. The van der Waals surface area contributed by atoms with Crippen molar-refractivity contribution in [1.29, 1.82) is 0 Å². The molecule has 5 rings (SSSR count). The van der Waals surface area contributed by atoms with Crippen LogP contribution >= 0.6 is 0 Å². The molecule has 0 saturated carbocycles. The van der Waals surface area contributed by atoms with Gasteiger partial charge in [0.25, 0.3) is 0 Å². The minimum Gasteiger partial charge on any atom is -0.457 e. The van der Waals surface area contributed by atoms with Crippen LogP contribution in [0.1, 0.15) is 70.8 Å². The lowest BCUT2D eigenvalue weighted by Crippen LogP contribution is -2.19. The summed E-state index contributed by atoms with van der Waals surface area (Å²) in [5, 5.41) is 0. The van der Waals surface area contributed by atoms with Crippen LogP contribution in [0.15, 0.2) is 102 Å². The zero-order valence-electron chi connectivity index (χ0n) is 29.1. The average Bonchev–Trinajstić information content (AvgIpc) is 3.47. The van der Waals surface area contributed by atoms with Crippen molar-refractivity contribution in [2.75, 3.05) is 13.6 Å². The number of ether oxygens (including phenoxy) is 1. The number of hydrogen-bond donors (Lipinski definition) is 3. The summed E-state index contributed by atoms with van der Waals surface area (Å²) in [5.41, 5.74) is 18.9. The number of rotatable bonds is 9. The maximum Gasteiger partial charge on any atom is 0.237 e. The van der Waals surface area contributed by atoms with Gasteiger partial charge in [-0.05, 0) is 87.0 Å². The Morgan fingerprint density at radius 2 is 1.51 bits per heavy atom. The van der Waals surface area contributed by atoms with Gasteiger partial charge in [0.2, 0.25) is 5.91 Å². The topological polar surface area (TPSA) is 165 Å². The number of ketones is 1. The fraction of sp³-hybridized carbons (Fsp3) is 0.308. The molecule has 0 unspecified atom stereocenters. The Labute approximate surface area is 292 Å². The van der Waals surface area contributed by atoms with Crippen molar-refractivity contribution in [3.8, 4) is 22.9 Å². The van der Waals surface area contributed by atoms with Gasteiger partial charge >= 0.3 is 0 Å². The van der Waals surface area contributed by atoms with Crippen LogP contribution in [0.25, 0.3) is 22.4 Å². The molecule has 1 amide bonds. The summed E-state index contributed by atoms with van der Waals surface area (Å²) in [7, 11) is 1.50. The molecule has 10 nitrogen and oxygen atoms in total. The molecule has 0 aliphatic heterocycles. The predicted octanol–water partition coefficient (Wildman–Crippen LogP) is 7.84. The van der Waals surface area contributed by atoms with Crippen molar-refractivity contribution >= 4 is 29.1 Å². The number of Topliss-reactive ketones (excluding diaryl/α,β-unsaturated/α-hetero) is 1. The van der Waals surface area contributed by atoms with Gasteiger partial charge in [-0.3, -0.25) is 19.6 Å². The summed E-state index contributed by atoms with van der Waals surface area (Å²) in [4.78, 5) is 35.7. The quantitative estimate of drug-likeness (QED) is 0.0817. The Kier molecular flexibility index (Phi) is 22.9. The molecule has 0 bridgehead atoms. The molecule has 2 heterocycles. The Balaban J connectivity index is 0.000000949. The Hall–Kier alpha value is -5.35. The van der Waals surface area contributed by atoms with E-state index in [1.54, 1.807) is 22.8 Å². The minimum absolute atomic E-state index is 0. The number of pyridine rings is 1. The maximum atomic E-state index is 11.7. The normalized spacial score (nSPS) is 9.61. The number of para-hydroxylation sites is 1. The summed E-state index contributed by atoms with van der Waals surface area (Å²) in [6.45, 7) is 10.8. The smallest absolute Gasteiger partial charge is 0.237 e. The molecule has 3 aromatic carbocycles. The lowest BCUT2D eigenvalue weighted by Gasteiger charge is -2.10. The van der Waals surface area contributed by atoms with Gasteiger partial charge in [-0.2, -0.15) is 0 Å². The van der Waals surface area contributed by atoms with E-state index in [0.717, 1.165) is 36.2 Å². The molecule has 264 valence electrons. The van der Waals surface area contributed by atoms with Crippen LogP contribution in [-0.4, -0.2) is 46.2 Å². The highest BCUT2D eigenvalue weighted by Gasteiger charge is 2.16. The summed E-state index contributed by atoms with van der Waals surface area (Å²) >= 11 is 0. The maximum absolute atomic E-state index is 11.7. The van der Waals surface area contributed by atoms with E-state index in [1.165, 1.54) is 32.3 Å². The molecule has 0 saturated heterocycles. The first kappa shape index (κ1) is 43.6. The SMILES string of the molecule is C.CC(=O)c1ccc2c(c1)nc(-c1cccc(Oc3ccccc3)c1)n2CC(N)=O.CCC.CCCN=CN.CCc1ccncc1.CN. The number of primary amides is 1. The average molecular weight is 670 g/mol. The van der Waals surface area contributed by atoms with Gasteiger partial charge in [-0.15, -0.1) is 0 Å². The van der Waals surface area contributed by atoms with Gasteiger partial charge in [-0.25, -0.2) is 4.98 Å². The highest BCUT2D eigenvalue weighted by atomic mass is 16.5. The number of carbonyl (C=O) groups excluding carboxylic acids is 2. The number of fused-ring (bicyclic) bond motifs is 1. The van der Waals surface area contributed by atoms with E-state index >= 15 is 0 Å². The molecular weight excluding hydrogens is 614 g/mol. The summed E-state index contributed by atoms with van der Waals surface area (Å²) < 4.78 is 7.67. The Morgan fingerprint density at radius 3 is 2.02 bits per heavy atom. The second-order valence-corrected chi connectivity index (χ2v) is 10.2. The molecule has 0 atom stereocenters. The summed E-state index contributed by atoms with van der Waals surface area (Å²) in [6, 6.07) is 26.2. The fourth-order valence-corrected chi connectivity index (χ4v) is 4.03. The van der Waals surface area contributed by atoms with E-state index < -0.39 is 5.91 Å². The van der Waals surface area contributed by atoms with Crippen molar-refractivity contribution in [2.45, 2.75) is 67.9 Å². The first-order valence-electron chi connectivity index (χ1n) is 16.1. The number of imidazole rings is 1. The molecule has 10 heteroatoms. The number of hydrogen-bond acceptors (Lipinski definition) is 7. The van der Waals surface area contributed by atoms with E-state index in [1.807, 2.05) is 79.1 Å². The number of benzene rings is 3. The lowest BCUT2D eigenvalue weighted by molar-refractivity contribution is -0.118. The fourth-order valence-electron chi connectivity index (χ4n) is 4.03. The zero-order chi connectivity index (χ0) is 35.7. The Bertz CT molecular complexity index is 1650. The number of nitrogens with zero attached hydrogens (tertiary/aromatic N) is 4. The number of aryl methyl sites for hydroxylation is 1. The molecule has 2 aromatic heterocycles. The molecule has 49 heavy (non-hydrogen) atoms. The number of nitrogens with two attached hydrogens (primary N) is 3. The molecule has 0 spiro atoms. The molecule has 0 fully saturated rings. The molecule has 5 aromatic rings. The first-order valence-corrected chi connectivity index (χ1v) is 16.1. The van der Waals surface area contributed by atoms with Crippen LogP contribution in [0.2, 0.25) is 0 Å². The number of aliphatic imine (C=N–C) groups is 1. The van der Waals surface area contributed by atoms with Gasteiger partial charge in [0.05, 0.1) is 17.4 Å². The largest absolute Gasteiger partial charge is 0.457 e. The van der Waals surface area contributed by atoms with E-state index in [2.05, 4.69) is 48.4 Å². The van der Waals surface area contributed by atoms with Crippen LogP contribution in [0.4, 0.5) is 0 Å². The second kappa shape index (κ2) is 25.7. The van der Waals surface area contributed by atoms with Crippen LogP contribution in [0, 0.1) is 0 Å². The molecular formula is C39H55N7O3. The van der Waals surface area contributed by atoms with E-state index in [0.29, 0.717) is 22.7 Å². The summed E-state index contributed by atoms with van der Waals surface area (Å²) in [5.74, 6) is 1.43. The monoisotopic (exact) mass is 669 g/mol. The molecule has 0 aliphatic carbocycles. The van der Waals surface area contributed by atoms with Gasteiger partial charge in [0.1, 0.15) is 23.9 Å². The van der Waals surface area contributed by atoms with E-state index in [-0.39, 0.29) is 19.8 Å². The number of amides is 1. The van der Waals surface area contributed by atoms with Gasteiger partial charge in [0.15, 0.2) is 5.78 Å². The first-order chi connectivity index (χ1) is 23.3. The van der Waals surface area contributed by atoms with Gasteiger partial charge in [-0.1, -0.05) is 71.9 Å². The third-order valence-corrected chi connectivity index (χ3v) is 6.16. The highest BCUT2D eigenvalue weighted by Crippen LogP contribution is 2.30. The molecule has 0 aliphatic rings. The minimum atomic E-state index is -0.474. The van der Waals surface area contributed by atoms with E-state index in [4.69, 9.17) is 16.2 Å².